The Morgan fingerprint density at radius 2 is 2.25 bits per heavy atom. The molecular formula is C16H21N3O. The SMILES string of the molecule is CNC1CCc2cc(OCc3cc(C)nn3C)ccc21. The first-order chi connectivity index (χ1) is 9.67. The van der Waals surface area contributed by atoms with Gasteiger partial charge in [0.2, 0.25) is 0 Å². The lowest BCUT2D eigenvalue weighted by Gasteiger charge is -2.11. The molecule has 1 aliphatic rings. The van der Waals surface area contributed by atoms with Crippen LogP contribution in [0.2, 0.25) is 0 Å². The van der Waals surface area contributed by atoms with Gasteiger partial charge in [0.15, 0.2) is 0 Å². The Kier molecular flexibility index (Phi) is 3.49. The lowest BCUT2D eigenvalue weighted by atomic mass is 10.1. The Morgan fingerprint density at radius 3 is 2.95 bits per heavy atom. The summed E-state index contributed by atoms with van der Waals surface area (Å²) in [6.07, 6.45) is 2.30. The predicted octanol–water partition coefficient (Wildman–Crippen LogP) is 2.51. The van der Waals surface area contributed by atoms with Crippen LogP contribution in [0.4, 0.5) is 0 Å². The van der Waals surface area contributed by atoms with E-state index in [0.29, 0.717) is 12.6 Å². The summed E-state index contributed by atoms with van der Waals surface area (Å²) < 4.78 is 7.77. The lowest BCUT2D eigenvalue weighted by Crippen LogP contribution is -2.12. The number of aryl methyl sites for hydroxylation is 3. The zero-order valence-corrected chi connectivity index (χ0v) is 12.3. The molecule has 0 saturated carbocycles. The number of hydrogen-bond acceptors (Lipinski definition) is 3. The maximum Gasteiger partial charge on any atom is 0.130 e. The largest absolute Gasteiger partial charge is 0.487 e. The van der Waals surface area contributed by atoms with E-state index in [4.69, 9.17) is 4.74 Å². The number of aromatic nitrogens is 2. The molecule has 4 heteroatoms. The van der Waals surface area contributed by atoms with Crippen LogP contribution in [0, 0.1) is 6.92 Å². The molecule has 0 saturated heterocycles. The molecule has 0 amide bonds. The summed E-state index contributed by atoms with van der Waals surface area (Å²) in [6.45, 7) is 2.56. The molecule has 1 aromatic heterocycles. The van der Waals surface area contributed by atoms with Crippen LogP contribution in [0.1, 0.15) is 35.0 Å². The van der Waals surface area contributed by atoms with E-state index in [1.165, 1.54) is 17.5 Å². The molecule has 1 atom stereocenters. The van der Waals surface area contributed by atoms with Gasteiger partial charge in [0.25, 0.3) is 0 Å². The topological polar surface area (TPSA) is 39.1 Å². The molecule has 0 aliphatic heterocycles. The molecule has 20 heavy (non-hydrogen) atoms. The van der Waals surface area contributed by atoms with E-state index >= 15 is 0 Å². The van der Waals surface area contributed by atoms with Gasteiger partial charge in [-0.2, -0.15) is 5.10 Å². The zero-order valence-electron chi connectivity index (χ0n) is 12.3. The molecule has 1 N–H and O–H groups in total. The molecule has 106 valence electrons. The maximum absolute atomic E-state index is 5.90. The van der Waals surface area contributed by atoms with Crippen LogP contribution in [0.3, 0.4) is 0 Å². The van der Waals surface area contributed by atoms with Gasteiger partial charge in [0.1, 0.15) is 12.4 Å². The molecular weight excluding hydrogens is 250 g/mol. The second kappa shape index (κ2) is 5.29. The number of fused-ring (bicyclic) bond motifs is 1. The fourth-order valence-electron chi connectivity index (χ4n) is 2.94. The van der Waals surface area contributed by atoms with E-state index < -0.39 is 0 Å². The summed E-state index contributed by atoms with van der Waals surface area (Å²) in [5.74, 6) is 0.944. The molecule has 1 aliphatic carbocycles. The highest BCUT2D eigenvalue weighted by atomic mass is 16.5. The van der Waals surface area contributed by atoms with Gasteiger partial charge in [-0.15, -0.1) is 0 Å². The highest BCUT2D eigenvalue weighted by molar-refractivity contribution is 5.40. The summed E-state index contributed by atoms with van der Waals surface area (Å²) in [5, 5.41) is 7.69. The van der Waals surface area contributed by atoms with Crippen LogP contribution in [-0.4, -0.2) is 16.8 Å². The summed E-state index contributed by atoms with van der Waals surface area (Å²) in [7, 11) is 3.97. The van der Waals surface area contributed by atoms with Gasteiger partial charge in [0, 0.05) is 13.1 Å². The van der Waals surface area contributed by atoms with Crippen molar-refractivity contribution in [1.82, 2.24) is 15.1 Å². The van der Waals surface area contributed by atoms with Crippen molar-refractivity contribution in [3.8, 4) is 5.75 Å². The standard InChI is InChI=1S/C16H21N3O/c1-11-8-13(19(3)18-11)10-20-14-5-6-15-12(9-14)4-7-16(15)17-2/h5-6,8-9,16-17H,4,7,10H2,1-3H3. The normalized spacial score (nSPS) is 17.2. The summed E-state index contributed by atoms with van der Waals surface area (Å²) in [6, 6.07) is 8.99. The van der Waals surface area contributed by atoms with Crippen molar-refractivity contribution in [2.75, 3.05) is 7.05 Å². The molecule has 0 radical (unpaired) electrons. The van der Waals surface area contributed by atoms with Crippen LogP contribution in [0.25, 0.3) is 0 Å². The summed E-state index contributed by atoms with van der Waals surface area (Å²) >= 11 is 0. The quantitative estimate of drug-likeness (QED) is 0.928. The minimum Gasteiger partial charge on any atom is -0.487 e. The smallest absolute Gasteiger partial charge is 0.130 e. The van der Waals surface area contributed by atoms with Crippen molar-refractivity contribution in [3.05, 3.63) is 46.8 Å². The van der Waals surface area contributed by atoms with Gasteiger partial charge in [-0.05, 0) is 56.1 Å². The number of benzene rings is 1. The molecule has 0 fully saturated rings. The number of rotatable bonds is 4. The minimum atomic E-state index is 0.499. The summed E-state index contributed by atoms with van der Waals surface area (Å²) in [4.78, 5) is 0. The van der Waals surface area contributed by atoms with Gasteiger partial charge in [0.05, 0.1) is 11.4 Å². The van der Waals surface area contributed by atoms with Crippen molar-refractivity contribution in [3.63, 3.8) is 0 Å². The molecule has 1 unspecified atom stereocenters. The van der Waals surface area contributed by atoms with Crippen LogP contribution >= 0.6 is 0 Å². The monoisotopic (exact) mass is 271 g/mol. The third-order valence-corrected chi connectivity index (χ3v) is 4.03. The van der Waals surface area contributed by atoms with Crippen LogP contribution in [0.5, 0.6) is 5.75 Å². The predicted molar refractivity (Wildman–Crippen MR) is 78.8 cm³/mol. The molecule has 3 rings (SSSR count). The minimum absolute atomic E-state index is 0.499. The van der Waals surface area contributed by atoms with Gasteiger partial charge >= 0.3 is 0 Å². The molecule has 0 spiro atoms. The Morgan fingerprint density at radius 1 is 1.40 bits per heavy atom. The first-order valence-electron chi connectivity index (χ1n) is 7.10. The number of ether oxygens (including phenoxy) is 1. The van der Waals surface area contributed by atoms with Gasteiger partial charge in [-0.1, -0.05) is 6.07 Å². The van der Waals surface area contributed by atoms with Gasteiger partial charge in [-0.25, -0.2) is 0 Å². The first-order valence-corrected chi connectivity index (χ1v) is 7.10. The fraction of sp³-hybridized carbons (Fsp3) is 0.438. The Hall–Kier alpha value is -1.81. The Labute approximate surface area is 119 Å². The van der Waals surface area contributed by atoms with E-state index in [1.807, 2.05) is 25.7 Å². The van der Waals surface area contributed by atoms with Crippen molar-refractivity contribution in [2.45, 2.75) is 32.4 Å². The van der Waals surface area contributed by atoms with Crippen LogP contribution in [0.15, 0.2) is 24.3 Å². The maximum atomic E-state index is 5.90. The second-order valence-electron chi connectivity index (χ2n) is 5.43. The summed E-state index contributed by atoms with van der Waals surface area (Å²) in [5.41, 5.74) is 4.94. The third-order valence-electron chi connectivity index (χ3n) is 4.03. The lowest BCUT2D eigenvalue weighted by molar-refractivity contribution is 0.294. The fourth-order valence-corrected chi connectivity index (χ4v) is 2.94. The third kappa shape index (κ3) is 2.43. The van der Waals surface area contributed by atoms with E-state index in [-0.39, 0.29) is 0 Å². The highest BCUT2D eigenvalue weighted by Gasteiger charge is 2.21. The van der Waals surface area contributed by atoms with E-state index in [2.05, 4.69) is 34.7 Å². The molecule has 0 bridgehead atoms. The van der Waals surface area contributed by atoms with Gasteiger partial charge in [-0.3, -0.25) is 4.68 Å². The van der Waals surface area contributed by atoms with Crippen molar-refractivity contribution in [1.29, 1.82) is 0 Å². The number of hydrogen-bond donors (Lipinski definition) is 1. The molecule has 2 aromatic rings. The van der Waals surface area contributed by atoms with E-state index in [1.54, 1.807) is 0 Å². The Bertz CT molecular complexity index is 618. The van der Waals surface area contributed by atoms with Gasteiger partial charge < -0.3 is 10.1 Å². The van der Waals surface area contributed by atoms with Crippen molar-refractivity contribution >= 4 is 0 Å². The van der Waals surface area contributed by atoms with Crippen LogP contribution < -0.4 is 10.1 Å². The van der Waals surface area contributed by atoms with Crippen molar-refractivity contribution in [2.24, 2.45) is 7.05 Å². The average molecular weight is 271 g/mol. The molecule has 4 nitrogen and oxygen atoms in total. The van der Waals surface area contributed by atoms with Crippen molar-refractivity contribution < 1.29 is 4.74 Å². The molecule has 1 aromatic carbocycles. The van der Waals surface area contributed by atoms with Crippen LogP contribution in [-0.2, 0) is 20.1 Å². The first kappa shape index (κ1) is 13.2. The van der Waals surface area contributed by atoms with E-state index in [0.717, 1.165) is 23.6 Å². The van der Waals surface area contributed by atoms with E-state index in [9.17, 15) is 0 Å². The average Bonchev–Trinajstić information content (AvgIpc) is 2.98. The molecule has 1 heterocycles. The second-order valence-corrected chi connectivity index (χ2v) is 5.43. The zero-order chi connectivity index (χ0) is 14.1. The Balaban J connectivity index is 1.71. The highest BCUT2D eigenvalue weighted by Crippen LogP contribution is 2.33. The number of nitrogens with one attached hydrogen (secondary N) is 1. The number of nitrogens with zero attached hydrogens (tertiary/aromatic N) is 2.